The van der Waals surface area contributed by atoms with Crippen molar-refractivity contribution in [2.75, 3.05) is 5.32 Å². The van der Waals surface area contributed by atoms with Crippen molar-refractivity contribution in [3.05, 3.63) is 51.5 Å². The number of carbonyl (C=O) groups excluding carboxylic acids is 1. The van der Waals surface area contributed by atoms with Gasteiger partial charge in [0.15, 0.2) is 0 Å². The standard InChI is InChI=1S/C15H17FN4O3/c1-9-4-5-12(16)13(6-9)17-15(21)10(2)8-19-11(3)7-14(18-19)20(22)23/h4-7,10H,8H2,1-3H3,(H,17,21)/t10-/m1/s1. The van der Waals surface area contributed by atoms with E-state index in [2.05, 4.69) is 10.4 Å². The van der Waals surface area contributed by atoms with Crippen molar-refractivity contribution >= 4 is 17.4 Å². The molecule has 0 saturated carbocycles. The largest absolute Gasteiger partial charge is 0.390 e. The molecule has 1 atom stereocenters. The maximum atomic E-state index is 13.7. The lowest BCUT2D eigenvalue weighted by Crippen LogP contribution is -2.25. The minimum Gasteiger partial charge on any atom is -0.358 e. The maximum absolute atomic E-state index is 13.7. The van der Waals surface area contributed by atoms with Crippen LogP contribution in [0.1, 0.15) is 18.2 Å². The van der Waals surface area contributed by atoms with Gasteiger partial charge in [0.1, 0.15) is 5.82 Å². The number of nitrogens with one attached hydrogen (secondary N) is 1. The Balaban J connectivity index is 2.08. The molecule has 23 heavy (non-hydrogen) atoms. The fourth-order valence-electron chi connectivity index (χ4n) is 2.10. The van der Waals surface area contributed by atoms with Gasteiger partial charge < -0.3 is 15.4 Å². The smallest absolute Gasteiger partial charge is 0.358 e. The zero-order chi connectivity index (χ0) is 17.1. The fraction of sp³-hybridized carbons (Fsp3) is 0.333. The first kappa shape index (κ1) is 16.6. The van der Waals surface area contributed by atoms with Gasteiger partial charge >= 0.3 is 5.82 Å². The van der Waals surface area contributed by atoms with Crippen LogP contribution in [0.25, 0.3) is 0 Å². The second kappa shape index (κ2) is 6.55. The third-order valence-electron chi connectivity index (χ3n) is 3.43. The van der Waals surface area contributed by atoms with Crippen molar-refractivity contribution in [2.45, 2.75) is 27.3 Å². The number of aromatic nitrogens is 2. The highest BCUT2D eigenvalue weighted by atomic mass is 19.1. The predicted molar refractivity (Wildman–Crippen MR) is 82.5 cm³/mol. The Morgan fingerprint density at radius 1 is 1.43 bits per heavy atom. The number of anilines is 1. The molecule has 7 nitrogen and oxygen atoms in total. The van der Waals surface area contributed by atoms with Crippen molar-refractivity contribution in [1.29, 1.82) is 0 Å². The Morgan fingerprint density at radius 2 is 2.13 bits per heavy atom. The predicted octanol–water partition coefficient (Wildman–Crippen LogP) is 2.82. The number of halogens is 1. The number of carbonyl (C=O) groups is 1. The molecule has 0 aliphatic heterocycles. The first-order valence-electron chi connectivity index (χ1n) is 7.03. The van der Waals surface area contributed by atoms with Gasteiger partial charge in [0.25, 0.3) is 0 Å². The minimum atomic E-state index is -0.587. The van der Waals surface area contributed by atoms with Gasteiger partial charge in [0, 0.05) is 0 Å². The summed E-state index contributed by atoms with van der Waals surface area (Å²) < 4.78 is 15.1. The first-order valence-corrected chi connectivity index (χ1v) is 7.03. The molecule has 0 spiro atoms. The van der Waals surface area contributed by atoms with E-state index in [1.165, 1.54) is 16.8 Å². The summed E-state index contributed by atoms with van der Waals surface area (Å²) in [5.41, 5.74) is 1.52. The molecule has 0 fully saturated rings. The molecule has 0 saturated heterocycles. The second-order valence-electron chi connectivity index (χ2n) is 5.46. The average Bonchev–Trinajstić information content (AvgIpc) is 2.84. The van der Waals surface area contributed by atoms with Crippen LogP contribution in [0.5, 0.6) is 0 Å². The quantitative estimate of drug-likeness (QED) is 0.677. The van der Waals surface area contributed by atoms with Crippen LogP contribution in [0, 0.1) is 35.7 Å². The fourth-order valence-corrected chi connectivity index (χ4v) is 2.10. The van der Waals surface area contributed by atoms with Crippen molar-refractivity contribution < 1.29 is 14.1 Å². The van der Waals surface area contributed by atoms with Gasteiger partial charge in [-0.25, -0.2) is 4.39 Å². The topological polar surface area (TPSA) is 90.1 Å². The van der Waals surface area contributed by atoms with Crippen LogP contribution in [0.4, 0.5) is 15.9 Å². The Morgan fingerprint density at radius 3 is 2.74 bits per heavy atom. The van der Waals surface area contributed by atoms with Gasteiger partial charge in [0.05, 0.1) is 35.0 Å². The highest BCUT2D eigenvalue weighted by molar-refractivity contribution is 5.92. The molecular formula is C15H17FN4O3. The molecule has 1 heterocycles. The van der Waals surface area contributed by atoms with Gasteiger partial charge in [0.2, 0.25) is 5.91 Å². The summed E-state index contributed by atoms with van der Waals surface area (Å²) in [4.78, 5) is 22.3. The van der Waals surface area contributed by atoms with Crippen LogP contribution in [0.2, 0.25) is 0 Å². The molecule has 8 heteroatoms. The molecule has 122 valence electrons. The SMILES string of the molecule is Cc1ccc(F)c(NC(=O)[C@H](C)Cn2nc([N+](=O)[O-])cc2C)c1. The van der Waals surface area contributed by atoms with Gasteiger partial charge in [-0.05, 0) is 36.5 Å². The number of nitro groups is 1. The van der Waals surface area contributed by atoms with E-state index in [4.69, 9.17) is 0 Å². The molecule has 2 rings (SSSR count). The van der Waals surface area contributed by atoms with Crippen LogP contribution >= 0.6 is 0 Å². The molecule has 1 N–H and O–H groups in total. The van der Waals surface area contributed by atoms with Gasteiger partial charge in [-0.3, -0.25) is 4.79 Å². The van der Waals surface area contributed by atoms with Crippen molar-refractivity contribution in [2.24, 2.45) is 5.92 Å². The number of hydrogen-bond donors (Lipinski definition) is 1. The molecule has 0 bridgehead atoms. The van der Waals surface area contributed by atoms with Crippen LogP contribution < -0.4 is 5.32 Å². The van der Waals surface area contributed by atoms with Gasteiger partial charge in [-0.2, -0.15) is 4.68 Å². The maximum Gasteiger partial charge on any atom is 0.390 e. The third-order valence-corrected chi connectivity index (χ3v) is 3.43. The van der Waals surface area contributed by atoms with E-state index in [0.717, 1.165) is 5.56 Å². The lowest BCUT2D eigenvalue weighted by atomic mass is 10.1. The average molecular weight is 320 g/mol. The second-order valence-corrected chi connectivity index (χ2v) is 5.46. The Bertz CT molecular complexity index is 757. The van der Waals surface area contributed by atoms with E-state index in [-0.39, 0.29) is 24.0 Å². The first-order chi connectivity index (χ1) is 10.8. The van der Waals surface area contributed by atoms with E-state index < -0.39 is 16.7 Å². The van der Waals surface area contributed by atoms with E-state index in [0.29, 0.717) is 5.69 Å². The Hall–Kier alpha value is -2.77. The van der Waals surface area contributed by atoms with Crippen molar-refractivity contribution in [1.82, 2.24) is 9.78 Å². The molecule has 2 aromatic rings. The third kappa shape index (κ3) is 3.91. The summed E-state index contributed by atoms with van der Waals surface area (Å²) in [7, 11) is 0. The summed E-state index contributed by atoms with van der Waals surface area (Å²) in [5.74, 6) is -1.69. The van der Waals surface area contributed by atoms with Gasteiger partial charge in [-0.15, -0.1) is 0 Å². The summed E-state index contributed by atoms with van der Waals surface area (Å²) in [6, 6.07) is 5.78. The lowest BCUT2D eigenvalue weighted by Gasteiger charge is -2.12. The molecule has 0 aliphatic carbocycles. The molecular weight excluding hydrogens is 303 g/mol. The van der Waals surface area contributed by atoms with E-state index in [1.54, 1.807) is 32.9 Å². The molecule has 0 aliphatic rings. The van der Waals surface area contributed by atoms with E-state index >= 15 is 0 Å². The van der Waals surface area contributed by atoms with Crippen LogP contribution in [0.3, 0.4) is 0 Å². The molecule has 0 unspecified atom stereocenters. The van der Waals surface area contributed by atoms with Crippen LogP contribution in [-0.2, 0) is 11.3 Å². The summed E-state index contributed by atoms with van der Waals surface area (Å²) in [6.45, 7) is 5.28. The zero-order valence-corrected chi connectivity index (χ0v) is 13.0. The number of amides is 1. The Labute approximate surface area is 132 Å². The number of nitrogens with zero attached hydrogens (tertiary/aromatic N) is 3. The summed E-state index contributed by atoms with van der Waals surface area (Å²) in [5, 5.41) is 17.1. The van der Waals surface area contributed by atoms with Crippen molar-refractivity contribution in [3.63, 3.8) is 0 Å². The highest BCUT2D eigenvalue weighted by Crippen LogP contribution is 2.18. The number of aryl methyl sites for hydroxylation is 2. The van der Waals surface area contributed by atoms with Crippen LogP contribution in [-0.4, -0.2) is 20.6 Å². The highest BCUT2D eigenvalue weighted by Gasteiger charge is 2.21. The van der Waals surface area contributed by atoms with E-state index in [1.807, 2.05) is 0 Å². The number of benzene rings is 1. The number of rotatable bonds is 5. The van der Waals surface area contributed by atoms with Gasteiger partial charge in [-0.1, -0.05) is 13.0 Å². The monoisotopic (exact) mass is 320 g/mol. The molecule has 1 aromatic carbocycles. The Kier molecular flexibility index (Phi) is 4.73. The normalized spacial score (nSPS) is 12.0. The molecule has 1 amide bonds. The van der Waals surface area contributed by atoms with Crippen molar-refractivity contribution in [3.8, 4) is 0 Å². The molecule has 0 radical (unpaired) electrons. The van der Waals surface area contributed by atoms with E-state index in [9.17, 15) is 19.3 Å². The molecule has 1 aromatic heterocycles. The zero-order valence-electron chi connectivity index (χ0n) is 13.0. The van der Waals surface area contributed by atoms with Crippen LogP contribution in [0.15, 0.2) is 24.3 Å². The summed E-state index contributed by atoms with van der Waals surface area (Å²) >= 11 is 0. The lowest BCUT2D eigenvalue weighted by molar-refractivity contribution is -0.389. The minimum absolute atomic E-state index is 0.116. The number of hydrogen-bond acceptors (Lipinski definition) is 4. The summed E-state index contributed by atoms with van der Waals surface area (Å²) in [6.07, 6.45) is 0.